The Bertz CT molecular complexity index is 758. The third kappa shape index (κ3) is 4.07. The van der Waals surface area contributed by atoms with Crippen LogP contribution in [0.2, 0.25) is 0 Å². The second-order valence-corrected chi connectivity index (χ2v) is 6.47. The average molecular weight is 333 g/mol. The molecule has 2 aromatic rings. The molecular weight excluding hydrogens is 310 g/mol. The Balaban J connectivity index is 1.60. The van der Waals surface area contributed by atoms with Crippen molar-refractivity contribution < 1.29 is 4.79 Å². The summed E-state index contributed by atoms with van der Waals surface area (Å²) >= 11 is 0. The van der Waals surface area contributed by atoms with Gasteiger partial charge in [0.25, 0.3) is 0 Å². The van der Waals surface area contributed by atoms with Gasteiger partial charge in [-0.25, -0.2) is 0 Å². The van der Waals surface area contributed by atoms with Crippen LogP contribution in [0.15, 0.2) is 54.6 Å². The van der Waals surface area contributed by atoms with Crippen LogP contribution in [0, 0.1) is 18.3 Å². The van der Waals surface area contributed by atoms with Crippen molar-refractivity contribution in [2.24, 2.45) is 0 Å². The number of nitrogens with zero attached hydrogens (tertiary/aromatic N) is 3. The van der Waals surface area contributed by atoms with Gasteiger partial charge in [-0.15, -0.1) is 0 Å². The topological polar surface area (TPSA) is 47.3 Å². The molecule has 2 aromatic carbocycles. The van der Waals surface area contributed by atoms with Gasteiger partial charge in [-0.3, -0.25) is 9.69 Å². The Morgan fingerprint density at radius 2 is 1.68 bits per heavy atom. The second-order valence-electron chi connectivity index (χ2n) is 6.47. The van der Waals surface area contributed by atoms with Gasteiger partial charge in [-0.1, -0.05) is 54.6 Å². The predicted octanol–water partition coefficient (Wildman–Crippen LogP) is 2.95. The van der Waals surface area contributed by atoms with Crippen LogP contribution in [0.4, 0.5) is 0 Å². The summed E-state index contributed by atoms with van der Waals surface area (Å²) in [7, 11) is 0. The summed E-state index contributed by atoms with van der Waals surface area (Å²) in [6, 6.07) is 20.1. The highest BCUT2D eigenvalue weighted by Crippen LogP contribution is 2.24. The summed E-state index contributed by atoms with van der Waals surface area (Å²) in [5.41, 5.74) is 3.25. The van der Waals surface area contributed by atoms with Crippen molar-refractivity contribution >= 4 is 5.91 Å². The number of hydrogen-bond donors (Lipinski definition) is 0. The van der Waals surface area contributed by atoms with E-state index in [9.17, 15) is 10.1 Å². The zero-order valence-corrected chi connectivity index (χ0v) is 14.6. The van der Waals surface area contributed by atoms with E-state index in [0.717, 1.165) is 29.8 Å². The third-order valence-corrected chi connectivity index (χ3v) is 4.84. The van der Waals surface area contributed by atoms with Crippen LogP contribution in [0.5, 0.6) is 0 Å². The van der Waals surface area contributed by atoms with Crippen LogP contribution in [0.1, 0.15) is 22.7 Å². The van der Waals surface area contributed by atoms with Crippen LogP contribution >= 0.6 is 0 Å². The molecule has 0 spiro atoms. The van der Waals surface area contributed by atoms with Crippen molar-refractivity contribution in [2.75, 3.05) is 26.2 Å². The normalized spacial score (nSPS) is 16.2. The number of rotatable bonds is 4. The van der Waals surface area contributed by atoms with Crippen LogP contribution in [-0.2, 0) is 11.2 Å². The molecule has 1 heterocycles. The molecule has 3 rings (SSSR count). The van der Waals surface area contributed by atoms with Crippen molar-refractivity contribution in [3.63, 3.8) is 0 Å². The van der Waals surface area contributed by atoms with Crippen molar-refractivity contribution in [3.05, 3.63) is 71.3 Å². The molecule has 1 amide bonds. The average Bonchev–Trinajstić information content (AvgIpc) is 2.65. The first-order valence-corrected chi connectivity index (χ1v) is 8.70. The first-order chi connectivity index (χ1) is 12.2. The van der Waals surface area contributed by atoms with Gasteiger partial charge in [-0.2, -0.15) is 5.26 Å². The molecule has 4 nitrogen and oxygen atoms in total. The Kier molecular flexibility index (Phi) is 5.47. The zero-order chi connectivity index (χ0) is 17.6. The first-order valence-electron chi connectivity index (χ1n) is 8.70. The number of benzene rings is 2. The molecule has 0 aliphatic carbocycles. The van der Waals surface area contributed by atoms with E-state index in [-0.39, 0.29) is 11.9 Å². The lowest BCUT2D eigenvalue weighted by molar-refractivity contribution is -0.132. The molecule has 1 saturated heterocycles. The van der Waals surface area contributed by atoms with Gasteiger partial charge in [0.2, 0.25) is 5.91 Å². The maximum absolute atomic E-state index is 12.5. The molecular formula is C21H23N3O. The number of carbonyl (C=O) groups is 1. The Morgan fingerprint density at radius 1 is 1.04 bits per heavy atom. The van der Waals surface area contributed by atoms with Gasteiger partial charge in [0.1, 0.15) is 6.04 Å². The zero-order valence-electron chi connectivity index (χ0n) is 14.6. The first kappa shape index (κ1) is 17.2. The molecule has 0 radical (unpaired) electrons. The fourth-order valence-corrected chi connectivity index (χ4v) is 3.35. The number of piperazine rings is 1. The van der Waals surface area contributed by atoms with E-state index in [1.807, 2.05) is 66.4 Å². The predicted molar refractivity (Wildman–Crippen MR) is 97.8 cm³/mol. The van der Waals surface area contributed by atoms with Crippen LogP contribution in [0.25, 0.3) is 0 Å². The van der Waals surface area contributed by atoms with Crippen molar-refractivity contribution in [2.45, 2.75) is 19.4 Å². The maximum Gasteiger partial charge on any atom is 0.227 e. The molecule has 0 saturated carbocycles. The van der Waals surface area contributed by atoms with Crippen LogP contribution < -0.4 is 0 Å². The van der Waals surface area contributed by atoms with Crippen LogP contribution in [-0.4, -0.2) is 41.9 Å². The molecule has 1 aliphatic heterocycles. The van der Waals surface area contributed by atoms with Gasteiger partial charge >= 0.3 is 0 Å². The fourth-order valence-electron chi connectivity index (χ4n) is 3.35. The number of aryl methyl sites for hydroxylation is 1. The quantitative estimate of drug-likeness (QED) is 0.864. The summed E-state index contributed by atoms with van der Waals surface area (Å²) in [6.45, 7) is 4.85. The molecule has 1 aliphatic rings. The largest absolute Gasteiger partial charge is 0.340 e. The highest BCUT2D eigenvalue weighted by molar-refractivity contribution is 5.78. The molecule has 1 unspecified atom stereocenters. The molecule has 1 atom stereocenters. The Morgan fingerprint density at radius 3 is 2.32 bits per heavy atom. The third-order valence-electron chi connectivity index (χ3n) is 4.84. The minimum absolute atomic E-state index is 0.162. The lowest BCUT2D eigenvalue weighted by Crippen LogP contribution is -2.50. The van der Waals surface area contributed by atoms with Gasteiger partial charge in [-0.05, 0) is 23.6 Å². The highest BCUT2D eigenvalue weighted by atomic mass is 16.2. The standard InChI is InChI=1S/C21H23N3O/c1-17-7-5-6-10-19(17)20(16-22)23-11-13-24(14-12-23)21(25)15-18-8-3-2-4-9-18/h2-10,20H,11-15H2,1H3. The molecule has 1 fully saturated rings. The summed E-state index contributed by atoms with van der Waals surface area (Å²) in [5, 5.41) is 9.65. The molecule has 0 bridgehead atoms. The Hall–Kier alpha value is -2.64. The van der Waals surface area contributed by atoms with Gasteiger partial charge in [0, 0.05) is 26.2 Å². The van der Waals surface area contributed by atoms with Gasteiger partial charge in [0.05, 0.1) is 12.5 Å². The van der Waals surface area contributed by atoms with Crippen LogP contribution in [0.3, 0.4) is 0 Å². The van der Waals surface area contributed by atoms with Crippen molar-refractivity contribution in [1.82, 2.24) is 9.80 Å². The molecule has 0 N–H and O–H groups in total. The van der Waals surface area contributed by atoms with Crippen molar-refractivity contribution in [3.8, 4) is 6.07 Å². The van der Waals surface area contributed by atoms with Gasteiger partial charge < -0.3 is 4.90 Å². The minimum Gasteiger partial charge on any atom is -0.340 e. The van der Waals surface area contributed by atoms with Gasteiger partial charge in [0.15, 0.2) is 0 Å². The van der Waals surface area contributed by atoms with E-state index in [2.05, 4.69) is 11.0 Å². The molecule has 0 aromatic heterocycles. The second kappa shape index (κ2) is 7.96. The highest BCUT2D eigenvalue weighted by Gasteiger charge is 2.27. The lowest BCUT2D eigenvalue weighted by Gasteiger charge is -2.37. The summed E-state index contributed by atoms with van der Waals surface area (Å²) in [6.07, 6.45) is 0.445. The van der Waals surface area contributed by atoms with E-state index >= 15 is 0 Å². The smallest absolute Gasteiger partial charge is 0.227 e. The number of hydrogen-bond acceptors (Lipinski definition) is 3. The summed E-state index contributed by atoms with van der Waals surface area (Å²) in [5.74, 6) is 0.162. The fraction of sp³-hybridized carbons (Fsp3) is 0.333. The van der Waals surface area contributed by atoms with E-state index in [0.29, 0.717) is 19.5 Å². The molecule has 128 valence electrons. The van der Waals surface area contributed by atoms with E-state index in [1.54, 1.807) is 0 Å². The minimum atomic E-state index is -0.243. The summed E-state index contributed by atoms with van der Waals surface area (Å²) in [4.78, 5) is 16.6. The number of amides is 1. The Labute approximate surface area is 149 Å². The van der Waals surface area contributed by atoms with E-state index in [1.165, 1.54) is 0 Å². The lowest BCUT2D eigenvalue weighted by atomic mass is 10.0. The monoisotopic (exact) mass is 333 g/mol. The molecule has 25 heavy (non-hydrogen) atoms. The molecule has 4 heteroatoms. The van der Waals surface area contributed by atoms with E-state index in [4.69, 9.17) is 0 Å². The van der Waals surface area contributed by atoms with Crippen molar-refractivity contribution in [1.29, 1.82) is 5.26 Å². The number of carbonyl (C=O) groups excluding carboxylic acids is 1. The van der Waals surface area contributed by atoms with E-state index < -0.39 is 0 Å². The summed E-state index contributed by atoms with van der Waals surface area (Å²) < 4.78 is 0. The SMILES string of the molecule is Cc1ccccc1C(C#N)N1CCN(C(=O)Cc2ccccc2)CC1. The maximum atomic E-state index is 12.5. The number of nitriles is 1.